The minimum absolute atomic E-state index is 0.0940. The molecule has 0 aliphatic heterocycles. The highest BCUT2D eigenvalue weighted by Gasteiger charge is 2.14. The van der Waals surface area contributed by atoms with Gasteiger partial charge in [-0.15, -0.1) is 0 Å². The number of anilines is 1. The van der Waals surface area contributed by atoms with E-state index in [4.69, 9.17) is 26.9 Å². The van der Waals surface area contributed by atoms with Crippen molar-refractivity contribution in [1.29, 1.82) is 0 Å². The van der Waals surface area contributed by atoms with Crippen molar-refractivity contribution >= 4 is 23.4 Å². The summed E-state index contributed by atoms with van der Waals surface area (Å²) in [5.41, 5.74) is 5.69. The molecule has 2 aromatic rings. The first-order valence-electron chi connectivity index (χ1n) is 4.18. The third-order valence-electron chi connectivity index (χ3n) is 1.83. The predicted molar refractivity (Wildman–Crippen MR) is 56.1 cm³/mol. The monoisotopic (exact) mass is 239 g/mol. The van der Waals surface area contributed by atoms with E-state index in [1.165, 1.54) is 12.3 Å². The van der Waals surface area contributed by atoms with E-state index in [2.05, 4.69) is 9.97 Å². The van der Waals surface area contributed by atoms with E-state index in [1.807, 2.05) is 0 Å². The SMILES string of the molecule is Nc1cc(-c2nc(C(=O)O)co2)c(Cl)cn1. The number of nitrogen functional groups attached to an aromatic ring is 1. The number of carboxylic acids is 1. The maximum atomic E-state index is 10.6. The van der Waals surface area contributed by atoms with Gasteiger partial charge in [-0.2, -0.15) is 0 Å². The summed E-state index contributed by atoms with van der Waals surface area (Å²) >= 11 is 5.85. The Bertz CT molecular complexity index is 553. The molecule has 0 spiro atoms. The van der Waals surface area contributed by atoms with E-state index in [0.29, 0.717) is 5.56 Å². The van der Waals surface area contributed by atoms with Crippen molar-refractivity contribution in [3.05, 3.63) is 29.2 Å². The van der Waals surface area contributed by atoms with Crippen LogP contribution in [0.5, 0.6) is 0 Å². The standard InChI is InChI=1S/C9H6ClN3O3/c10-5-2-12-7(11)1-4(5)8-13-6(3-16-8)9(14)15/h1-3H,(H2,11,12)(H,14,15). The normalized spacial score (nSPS) is 10.3. The number of hydrogen-bond acceptors (Lipinski definition) is 5. The topological polar surface area (TPSA) is 102 Å². The average molecular weight is 240 g/mol. The smallest absolute Gasteiger partial charge is 0.357 e. The van der Waals surface area contributed by atoms with Crippen molar-refractivity contribution in [1.82, 2.24) is 9.97 Å². The number of pyridine rings is 1. The van der Waals surface area contributed by atoms with Crippen LogP contribution in [0.25, 0.3) is 11.5 Å². The molecule has 0 unspecified atom stereocenters. The molecule has 0 aliphatic rings. The van der Waals surface area contributed by atoms with Crippen LogP contribution in [0.15, 0.2) is 22.9 Å². The van der Waals surface area contributed by atoms with Gasteiger partial charge < -0.3 is 15.3 Å². The Morgan fingerprint density at radius 2 is 2.31 bits per heavy atom. The van der Waals surface area contributed by atoms with Crippen LogP contribution in [0.1, 0.15) is 10.5 Å². The second-order valence-electron chi connectivity index (χ2n) is 2.93. The lowest BCUT2D eigenvalue weighted by Gasteiger charge is -1.99. The second-order valence-corrected chi connectivity index (χ2v) is 3.34. The lowest BCUT2D eigenvalue weighted by molar-refractivity contribution is 0.0690. The summed E-state index contributed by atoms with van der Waals surface area (Å²) in [6, 6.07) is 1.46. The molecule has 0 radical (unpaired) electrons. The van der Waals surface area contributed by atoms with Gasteiger partial charge >= 0.3 is 5.97 Å². The Kier molecular flexibility index (Phi) is 2.49. The molecular weight excluding hydrogens is 234 g/mol. The summed E-state index contributed by atoms with van der Waals surface area (Å²) in [7, 11) is 0. The van der Waals surface area contributed by atoms with Crippen LogP contribution >= 0.6 is 11.6 Å². The Labute approximate surface area is 94.7 Å². The average Bonchev–Trinajstić information content (AvgIpc) is 2.70. The quantitative estimate of drug-likeness (QED) is 0.826. The van der Waals surface area contributed by atoms with E-state index >= 15 is 0 Å². The number of rotatable bonds is 2. The molecule has 0 aliphatic carbocycles. The van der Waals surface area contributed by atoms with Crippen molar-refractivity contribution in [3.8, 4) is 11.5 Å². The van der Waals surface area contributed by atoms with E-state index < -0.39 is 5.97 Å². The van der Waals surface area contributed by atoms with Gasteiger partial charge in [-0.1, -0.05) is 11.6 Å². The number of aromatic carboxylic acids is 1. The number of carbonyl (C=O) groups is 1. The Morgan fingerprint density at radius 3 is 2.94 bits per heavy atom. The van der Waals surface area contributed by atoms with Gasteiger partial charge in [0, 0.05) is 6.20 Å². The highest BCUT2D eigenvalue weighted by atomic mass is 35.5. The Balaban J connectivity index is 2.50. The van der Waals surface area contributed by atoms with Crippen molar-refractivity contribution in [2.75, 3.05) is 5.73 Å². The minimum Gasteiger partial charge on any atom is -0.476 e. The van der Waals surface area contributed by atoms with Crippen molar-refractivity contribution in [2.45, 2.75) is 0 Å². The first kappa shape index (κ1) is 10.4. The molecule has 0 fully saturated rings. The first-order chi connectivity index (χ1) is 7.58. The number of halogens is 1. The van der Waals surface area contributed by atoms with Gasteiger partial charge in [-0.3, -0.25) is 0 Å². The lowest BCUT2D eigenvalue weighted by Crippen LogP contribution is -1.96. The molecule has 6 nitrogen and oxygen atoms in total. The van der Waals surface area contributed by atoms with E-state index in [1.54, 1.807) is 0 Å². The Morgan fingerprint density at radius 1 is 1.56 bits per heavy atom. The molecular formula is C9H6ClN3O3. The molecule has 3 N–H and O–H groups in total. The van der Waals surface area contributed by atoms with Gasteiger partial charge in [0.25, 0.3) is 0 Å². The molecule has 82 valence electrons. The fourth-order valence-corrected chi connectivity index (χ4v) is 1.30. The number of carboxylic acid groups (broad SMARTS) is 1. The van der Waals surface area contributed by atoms with E-state index in [-0.39, 0.29) is 22.4 Å². The van der Waals surface area contributed by atoms with Gasteiger partial charge in [0.1, 0.15) is 12.1 Å². The summed E-state index contributed by atoms with van der Waals surface area (Å²) in [5.74, 6) is -0.834. The highest BCUT2D eigenvalue weighted by Crippen LogP contribution is 2.27. The van der Waals surface area contributed by atoms with Crippen LogP contribution in [0.3, 0.4) is 0 Å². The minimum atomic E-state index is -1.17. The third kappa shape index (κ3) is 1.82. The fraction of sp³-hybridized carbons (Fsp3) is 0. The zero-order valence-electron chi connectivity index (χ0n) is 7.85. The largest absolute Gasteiger partial charge is 0.476 e. The molecule has 0 bridgehead atoms. The summed E-state index contributed by atoms with van der Waals surface area (Å²) < 4.78 is 4.99. The summed E-state index contributed by atoms with van der Waals surface area (Å²) in [4.78, 5) is 18.1. The van der Waals surface area contributed by atoms with Crippen LogP contribution < -0.4 is 5.73 Å². The summed E-state index contributed by atoms with van der Waals surface area (Å²) in [6.07, 6.45) is 2.38. The first-order valence-corrected chi connectivity index (χ1v) is 4.56. The molecule has 2 heterocycles. The zero-order chi connectivity index (χ0) is 11.7. The van der Waals surface area contributed by atoms with Crippen molar-refractivity contribution < 1.29 is 14.3 Å². The molecule has 16 heavy (non-hydrogen) atoms. The van der Waals surface area contributed by atoms with Crippen molar-refractivity contribution in [2.24, 2.45) is 0 Å². The molecule has 0 aromatic carbocycles. The highest BCUT2D eigenvalue weighted by molar-refractivity contribution is 6.33. The van der Waals surface area contributed by atoms with Gasteiger partial charge in [0.15, 0.2) is 5.69 Å². The summed E-state index contributed by atoms with van der Waals surface area (Å²) in [6.45, 7) is 0. The predicted octanol–water partition coefficient (Wildman–Crippen LogP) is 1.67. The van der Waals surface area contributed by atoms with Gasteiger partial charge in [0.2, 0.25) is 5.89 Å². The molecule has 0 atom stereocenters. The molecule has 0 saturated heterocycles. The zero-order valence-corrected chi connectivity index (χ0v) is 8.60. The third-order valence-corrected chi connectivity index (χ3v) is 2.13. The lowest BCUT2D eigenvalue weighted by atomic mass is 10.2. The molecule has 2 rings (SSSR count). The fourth-order valence-electron chi connectivity index (χ4n) is 1.11. The second kappa shape index (κ2) is 3.82. The molecule has 7 heteroatoms. The molecule has 2 aromatic heterocycles. The van der Waals surface area contributed by atoms with Crippen LogP contribution in [-0.2, 0) is 0 Å². The number of aromatic nitrogens is 2. The van der Waals surface area contributed by atoms with E-state index in [9.17, 15) is 4.79 Å². The molecule has 0 saturated carbocycles. The van der Waals surface area contributed by atoms with Gasteiger partial charge in [-0.05, 0) is 6.07 Å². The van der Waals surface area contributed by atoms with E-state index in [0.717, 1.165) is 6.26 Å². The van der Waals surface area contributed by atoms with Crippen LogP contribution in [-0.4, -0.2) is 21.0 Å². The van der Waals surface area contributed by atoms with Crippen LogP contribution in [0.2, 0.25) is 5.02 Å². The van der Waals surface area contributed by atoms with Gasteiger partial charge in [-0.25, -0.2) is 14.8 Å². The Hall–Kier alpha value is -2.08. The number of nitrogens with zero attached hydrogens (tertiary/aromatic N) is 2. The maximum Gasteiger partial charge on any atom is 0.357 e. The van der Waals surface area contributed by atoms with Crippen LogP contribution in [0.4, 0.5) is 5.82 Å². The maximum absolute atomic E-state index is 10.6. The number of nitrogens with two attached hydrogens (primary N) is 1. The summed E-state index contributed by atoms with van der Waals surface area (Å²) in [5, 5.41) is 8.96. The van der Waals surface area contributed by atoms with Crippen molar-refractivity contribution in [3.63, 3.8) is 0 Å². The number of oxazole rings is 1. The van der Waals surface area contributed by atoms with Crippen LogP contribution in [0, 0.1) is 0 Å². The molecule has 0 amide bonds. The van der Waals surface area contributed by atoms with Gasteiger partial charge in [0.05, 0.1) is 10.6 Å². The number of hydrogen-bond donors (Lipinski definition) is 2.